The number of nitrogens with zero attached hydrogens (tertiary/aromatic N) is 2. The minimum absolute atomic E-state index is 0.860. The fourth-order valence-corrected chi connectivity index (χ4v) is 2.92. The molecule has 2 heterocycles. The van der Waals surface area contributed by atoms with Crippen LogP contribution in [0.15, 0.2) is 0 Å². The summed E-state index contributed by atoms with van der Waals surface area (Å²) in [5.74, 6) is 0.860. The minimum atomic E-state index is 0.860. The van der Waals surface area contributed by atoms with Crippen LogP contribution in [-0.2, 0) is 4.74 Å². The molecular formula is C13H27N3O. The van der Waals surface area contributed by atoms with Crippen molar-refractivity contribution in [3.63, 3.8) is 0 Å². The number of nitrogens with one attached hydrogen (secondary N) is 1. The molecule has 0 aromatic carbocycles. The van der Waals surface area contributed by atoms with Crippen LogP contribution in [0.1, 0.15) is 12.8 Å². The smallest absolute Gasteiger partial charge is 0.0594 e. The van der Waals surface area contributed by atoms with E-state index in [1.807, 2.05) is 0 Å². The highest BCUT2D eigenvalue weighted by Gasteiger charge is 2.20. The summed E-state index contributed by atoms with van der Waals surface area (Å²) in [6.07, 6.45) is 2.77. The van der Waals surface area contributed by atoms with Gasteiger partial charge in [0.1, 0.15) is 0 Å². The maximum Gasteiger partial charge on any atom is 0.0594 e. The summed E-state index contributed by atoms with van der Waals surface area (Å²) in [6.45, 7) is 10.3. The second kappa shape index (κ2) is 7.31. The molecule has 2 aliphatic heterocycles. The third-order valence-electron chi connectivity index (χ3n) is 3.93. The molecule has 2 saturated heterocycles. The summed E-state index contributed by atoms with van der Waals surface area (Å²) >= 11 is 0. The van der Waals surface area contributed by atoms with E-state index in [4.69, 9.17) is 4.74 Å². The lowest BCUT2D eigenvalue weighted by molar-refractivity contribution is 0.0309. The normalized spacial score (nSPS) is 28.4. The second-order valence-corrected chi connectivity index (χ2v) is 5.32. The molecule has 0 amide bonds. The van der Waals surface area contributed by atoms with Crippen molar-refractivity contribution in [2.75, 3.05) is 66.1 Å². The lowest BCUT2D eigenvalue weighted by Gasteiger charge is -2.35. The number of ether oxygens (including phenoxy) is 1. The molecule has 0 spiro atoms. The first-order valence-electron chi connectivity index (χ1n) is 7.05. The lowest BCUT2D eigenvalue weighted by atomic mass is 9.98. The Morgan fingerprint density at radius 2 is 1.88 bits per heavy atom. The SMILES string of the molecule is CNCC1CCCN(CCN2CCOCC2)C1. The van der Waals surface area contributed by atoms with Gasteiger partial charge < -0.3 is 15.0 Å². The summed E-state index contributed by atoms with van der Waals surface area (Å²) in [4.78, 5) is 5.17. The molecule has 4 heteroatoms. The zero-order valence-corrected chi connectivity index (χ0v) is 11.2. The van der Waals surface area contributed by atoms with Gasteiger partial charge in [-0.2, -0.15) is 0 Å². The van der Waals surface area contributed by atoms with E-state index in [9.17, 15) is 0 Å². The first kappa shape index (κ1) is 13.3. The Bertz CT molecular complexity index is 205. The Kier molecular flexibility index (Phi) is 5.71. The largest absolute Gasteiger partial charge is 0.379 e. The molecule has 0 saturated carbocycles. The van der Waals surface area contributed by atoms with Crippen LogP contribution in [0.25, 0.3) is 0 Å². The van der Waals surface area contributed by atoms with Crippen molar-refractivity contribution in [3.8, 4) is 0 Å². The Hall–Kier alpha value is -0.160. The number of hydrogen-bond acceptors (Lipinski definition) is 4. The van der Waals surface area contributed by atoms with Crippen LogP contribution in [0.2, 0.25) is 0 Å². The van der Waals surface area contributed by atoms with Crippen LogP contribution in [0.5, 0.6) is 0 Å². The van der Waals surface area contributed by atoms with Crippen molar-refractivity contribution in [3.05, 3.63) is 0 Å². The van der Waals surface area contributed by atoms with Gasteiger partial charge in [0.05, 0.1) is 13.2 Å². The quantitative estimate of drug-likeness (QED) is 0.747. The maximum atomic E-state index is 5.38. The van der Waals surface area contributed by atoms with E-state index in [1.165, 1.54) is 45.6 Å². The van der Waals surface area contributed by atoms with Crippen LogP contribution >= 0.6 is 0 Å². The zero-order chi connectivity index (χ0) is 11.9. The van der Waals surface area contributed by atoms with Crippen molar-refractivity contribution >= 4 is 0 Å². The van der Waals surface area contributed by atoms with Crippen molar-refractivity contribution in [1.82, 2.24) is 15.1 Å². The molecule has 1 atom stereocenters. The third kappa shape index (κ3) is 4.54. The number of morpholine rings is 1. The first-order valence-corrected chi connectivity index (χ1v) is 7.05. The summed E-state index contributed by atoms with van der Waals surface area (Å²) < 4.78 is 5.38. The number of piperidine rings is 1. The van der Waals surface area contributed by atoms with Crippen LogP contribution in [0, 0.1) is 5.92 Å². The van der Waals surface area contributed by atoms with Crippen LogP contribution in [0.4, 0.5) is 0 Å². The average molecular weight is 241 g/mol. The fraction of sp³-hybridized carbons (Fsp3) is 1.00. The molecule has 1 unspecified atom stereocenters. The maximum absolute atomic E-state index is 5.38. The van der Waals surface area contributed by atoms with Gasteiger partial charge in [-0.05, 0) is 38.9 Å². The zero-order valence-electron chi connectivity index (χ0n) is 11.2. The Morgan fingerprint density at radius 3 is 2.65 bits per heavy atom. The van der Waals surface area contributed by atoms with Crippen molar-refractivity contribution in [1.29, 1.82) is 0 Å². The average Bonchev–Trinajstić information content (AvgIpc) is 2.39. The van der Waals surface area contributed by atoms with Gasteiger partial charge in [-0.1, -0.05) is 0 Å². The van der Waals surface area contributed by atoms with Gasteiger partial charge in [-0.15, -0.1) is 0 Å². The molecule has 0 aliphatic carbocycles. The molecule has 0 radical (unpaired) electrons. The third-order valence-corrected chi connectivity index (χ3v) is 3.93. The van der Waals surface area contributed by atoms with E-state index in [-0.39, 0.29) is 0 Å². The molecule has 2 aliphatic rings. The van der Waals surface area contributed by atoms with E-state index in [0.29, 0.717) is 0 Å². The fourth-order valence-electron chi connectivity index (χ4n) is 2.92. The van der Waals surface area contributed by atoms with Gasteiger partial charge >= 0.3 is 0 Å². The standard InChI is InChI=1S/C13H27N3O/c1-14-11-13-3-2-4-16(12-13)6-5-15-7-9-17-10-8-15/h13-14H,2-12H2,1H3. The van der Waals surface area contributed by atoms with Crippen molar-refractivity contribution in [2.45, 2.75) is 12.8 Å². The van der Waals surface area contributed by atoms with Crippen LogP contribution < -0.4 is 5.32 Å². The van der Waals surface area contributed by atoms with Gasteiger partial charge in [0.2, 0.25) is 0 Å². The Labute approximate surface area is 105 Å². The second-order valence-electron chi connectivity index (χ2n) is 5.32. The van der Waals surface area contributed by atoms with Crippen LogP contribution in [0.3, 0.4) is 0 Å². The topological polar surface area (TPSA) is 27.7 Å². The van der Waals surface area contributed by atoms with Gasteiger partial charge in [0.25, 0.3) is 0 Å². The summed E-state index contributed by atoms with van der Waals surface area (Å²) in [6, 6.07) is 0. The summed E-state index contributed by atoms with van der Waals surface area (Å²) in [5, 5.41) is 3.31. The van der Waals surface area contributed by atoms with Gasteiger partial charge in [-0.25, -0.2) is 0 Å². The minimum Gasteiger partial charge on any atom is -0.379 e. The number of likely N-dealkylation sites (tertiary alicyclic amines) is 1. The summed E-state index contributed by atoms with van der Waals surface area (Å²) in [7, 11) is 2.06. The molecule has 17 heavy (non-hydrogen) atoms. The van der Waals surface area contributed by atoms with Crippen LogP contribution in [-0.4, -0.2) is 75.9 Å². The van der Waals surface area contributed by atoms with E-state index >= 15 is 0 Å². The first-order chi connectivity index (χ1) is 8.38. The van der Waals surface area contributed by atoms with E-state index in [0.717, 1.165) is 32.2 Å². The highest BCUT2D eigenvalue weighted by molar-refractivity contribution is 4.75. The van der Waals surface area contributed by atoms with Crippen molar-refractivity contribution < 1.29 is 4.74 Å². The Balaban J connectivity index is 1.64. The molecule has 1 N–H and O–H groups in total. The highest BCUT2D eigenvalue weighted by Crippen LogP contribution is 2.15. The van der Waals surface area contributed by atoms with Gasteiger partial charge in [0, 0.05) is 32.7 Å². The summed E-state index contributed by atoms with van der Waals surface area (Å²) in [5.41, 5.74) is 0. The monoisotopic (exact) mass is 241 g/mol. The van der Waals surface area contributed by atoms with Gasteiger partial charge in [0.15, 0.2) is 0 Å². The van der Waals surface area contributed by atoms with Crippen molar-refractivity contribution in [2.24, 2.45) is 5.92 Å². The molecule has 0 aromatic rings. The number of hydrogen-bond donors (Lipinski definition) is 1. The lowest BCUT2D eigenvalue weighted by Crippen LogP contribution is -2.45. The predicted molar refractivity (Wildman–Crippen MR) is 70.3 cm³/mol. The predicted octanol–water partition coefficient (Wildman–Crippen LogP) is 0.250. The molecule has 2 rings (SSSR count). The van der Waals surface area contributed by atoms with E-state index in [1.54, 1.807) is 0 Å². The van der Waals surface area contributed by atoms with E-state index in [2.05, 4.69) is 22.2 Å². The van der Waals surface area contributed by atoms with Gasteiger partial charge in [-0.3, -0.25) is 4.90 Å². The molecule has 4 nitrogen and oxygen atoms in total. The highest BCUT2D eigenvalue weighted by atomic mass is 16.5. The Morgan fingerprint density at radius 1 is 1.12 bits per heavy atom. The van der Waals surface area contributed by atoms with E-state index < -0.39 is 0 Å². The number of rotatable bonds is 5. The molecule has 0 bridgehead atoms. The molecule has 0 aromatic heterocycles. The molecule has 2 fully saturated rings. The molecular weight excluding hydrogens is 214 g/mol. The molecule has 100 valence electrons.